The van der Waals surface area contributed by atoms with Crippen LogP contribution >= 0.6 is 11.6 Å². The lowest BCUT2D eigenvalue weighted by molar-refractivity contribution is -0.126. The molecular weight excluding hydrogens is 340 g/mol. The minimum absolute atomic E-state index is 0.00126. The fourth-order valence-corrected chi connectivity index (χ4v) is 2.99. The molecule has 0 atom stereocenters. The summed E-state index contributed by atoms with van der Waals surface area (Å²) < 4.78 is 5.46. The molecule has 1 saturated heterocycles. The highest BCUT2D eigenvalue weighted by atomic mass is 35.5. The van der Waals surface area contributed by atoms with Crippen molar-refractivity contribution >= 4 is 23.4 Å². The molecule has 6 heteroatoms. The van der Waals surface area contributed by atoms with Gasteiger partial charge in [-0.2, -0.15) is 0 Å². The van der Waals surface area contributed by atoms with Crippen LogP contribution in [-0.2, 0) is 9.53 Å². The minimum atomic E-state index is -0.0136. The zero-order valence-electron chi connectivity index (χ0n) is 15.0. The average Bonchev–Trinajstić information content (AvgIpc) is 2.61. The summed E-state index contributed by atoms with van der Waals surface area (Å²) in [6.07, 6.45) is 2.44. The summed E-state index contributed by atoms with van der Waals surface area (Å²) in [4.78, 5) is 26.5. The number of nitrogens with one attached hydrogen (secondary N) is 1. The SMILES string of the molecule is CC(C)OCCCNC(=O)C1CCN(C(=O)c2ccc(Cl)cc2)CC1. The van der Waals surface area contributed by atoms with Gasteiger partial charge in [0.1, 0.15) is 0 Å². The maximum absolute atomic E-state index is 12.5. The van der Waals surface area contributed by atoms with Crippen LogP contribution in [0.1, 0.15) is 43.5 Å². The largest absolute Gasteiger partial charge is 0.379 e. The maximum Gasteiger partial charge on any atom is 0.253 e. The van der Waals surface area contributed by atoms with Crippen LogP contribution in [0.4, 0.5) is 0 Å². The molecular formula is C19H27ClN2O3. The first-order valence-electron chi connectivity index (χ1n) is 8.91. The third-order valence-corrected chi connectivity index (χ3v) is 4.57. The zero-order valence-corrected chi connectivity index (χ0v) is 15.7. The van der Waals surface area contributed by atoms with Gasteiger partial charge in [-0.1, -0.05) is 11.6 Å². The Balaban J connectivity index is 1.70. The highest BCUT2D eigenvalue weighted by molar-refractivity contribution is 6.30. The number of hydrogen-bond acceptors (Lipinski definition) is 3. The molecule has 0 unspecified atom stereocenters. The first-order valence-corrected chi connectivity index (χ1v) is 9.29. The molecule has 1 aliphatic rings. The molecule has 1 fully saturated rings. The standard InChI is InChI=1S/C19H27ClN2O3/c1-14(2)25-13-3-10-21-18(23)15-8-11-22(12-9-15)19(24)16-4-6-17(20)7-5-16/h4-7,14-15H,3,8-13H2,1-2H3,(H,21,23). The highest BCUT2D eigenvalue weighted by Crippen LogP contribution is 2.20. The van der Waals surface area contributed by atoms with Crippen molar-refractivity contribution < 1.29 is 14.3 Å². The van der Waals surface area contributed by atoms with E-state index in [-0.39, 0.29) is 23.8 Å². The smallest absolute Gasteiger partial charge is 0.253 e. The number of hydrogen-bond donors (Lipinski definition) is 1. The Bertz CT molecular complexity index is 567. The second-order valence-electron chi connectivity index (χ2n) is 6.64. The summed E-state index contributed by atoms with van der Waals surface area (Å²) in [5.41, 5.74) is 0.637. The van der Waals surface area contributed by atoms with Gasteiger partial charge in [0.2, 0.25) is 5.91 Å². The summed E-state index contributed by atoms with van der Waals surface area (Å²) >= 11 is 5.86. The monoisotopic (exact) mass is 366 g/mol. The number of rotatable bonds is 7. The molecule has 138 valence electrons. The van der Waals surface area contributed by atoms with Crippen molar-refractivity contribution in [1.29, 1.82) is 0 Å². The first kappa shape index (κ1) is 19.7. The van der Waals surface area contributed by atoms with E-state index >= 15 is 0 Å². The van der Waals surface area contributed by atoms with Gasteiger partial charge in [0.05, 0.1) is 6.10 Å². The lowest BCUT2D eigenvalue weighted by atomic mass is 9.95. The first-order chi connectivity index (χ1) is 12.0. The number of benzene rings is 1. The van der Waals surface area contributed by atoms with Crippen LogP contribution in [0, 0.1) is 5.92 Å². The predicted molar refractivity (Wildman–Crippen MR) is 98.8 cm³/mol. The van der Waals surface area contributed by atoms with E-state index in [0.29, 0.717) is 49.7 Å². The van der Waals surface area contributed by atoms with Crippen LogP contribution in [-0.4, -0.2) is 49.1 Å². The summed E-state index contributed by atoms with van der Waals surface area (Å²) in [6.45, 7) is 6.50. The Labute approximate surface area is 154 Å². The Kier molecular flexibility index (Phi) is 7.72. The molecule has 25 heavy (non-hydrogen) atoms. The van der Waals surface area contributed by atoms with E-state index in [1.165, 1.54) is 0 Å². The molecule has 0 aromatic heterocycles. The zero-order chi connectivity index (χ0) is 18.2. The number of carbonyl (C=O) groups excluding carboxylic acids is 2. The summed E-state index contributed by atoms with van der Waals surface area (Å²) in [5.74, 6) is 0.0739. The molecule has 1 N–H and O–H groups in total. The van der Waals surface area contributed by atoms with Crippen LogP contribution in [0.3, 0.4) is 0 Å². The van der Waals surface area contributed by atoms with Gasteiger partial charge in [-0.25, -0.2) is 0 Å². The number of likely N-dealkylation sites (tertiary alicyclic amines) is 1. The lowest BCUT2D eigenvalue weighted by Gasteiger charge is -2.31. The van der Waals surface area contributed by atoms with Crippen molar-refractivity contribution in [2.75, 3.05) is 26.2 Å². The Hall–Kier alpha value is -1.59. The third-order valence-electron chi connectivity index (χ3n) is 4.32. The van der Waals surface area contributed by atoms with E-state index in [1.54, 1.807) is 24.3 Å². The second kappa shape index (κ2) is 9.78. The van der Waals surface area contributed by atoms with Gasteiger partial charge in [0.25, 0.3) is 5.91 Å². The van der Waals surface area contributed by atoms with Gasteiger partial charge in [0, 0.05) is 42.7 Å². The Morgan fingerprint density at radius 1 is 1.24 bits per heavy atom. The molecule has 0 bridgehead atoms. The lowest BCUT2D eigenvalue weighted by Crippen LogP contribution is -2.43. The summed E-state index contributed by atoms with van der Waals surface area (Å²) in [7, 11) is 0. The van der Waals surface area contributed by atoms with E-state index < -0.39 is 0 Å². The fourth-order valence-electron chi connectivity index (χ4n) is 2.87. The van der Waals surface area contributed by atoms with Crippen LogP contribution in [0.2, 0.25) is 5.02 Å². The molecule has 0 saturated carbocycles. The van der Waals surface area contributed by atoms with Gasteiger partial charge in [0.15, 0.2) is 0 Å². The van der Waals surface area contributed by atoms with E-state index in [0.717, 1.165) is 6.42 Å². The Morgan fingerprint density at radius 3 is 2.48 bits per heavy atom. The third kappa shape index (κ3) is 6.33. The number of nitrogens with zero attached hydrogens (tertiary/aromatic N) is 1. The number of ether oxygens (including phenoxy) is 1. The van der Waals surface area contributed by atoms with Crippen molar-refractivity contribution in [3.8, 4) is 0 Å². The van der Waals surface area contributed by atoms with Gasteiger partial charge in [-0.15, -0.1) is 0 Å². The molecule has 1 aromatic carbocycles. The minimum Gasteiger partial charge on any atom is -0.379 e. The van der Waals surface area contributed by atoms with Crippen LogP contribution in [0.5, 0.6) is 0 Å². The van der Waals surface area contributed by atoms with E-state index in [4.69, 9.17) is 16.3 Å². The van der Waals surface area contributed by atoms with Gasteiger partial charge in [-0.05, 0) is 57.4 Å². The van der Waals surface area contributed by atoms with Crippen molar-refractivity contribution in [2.45, 2.75) is 39.2 Å². The van der Waals surface area contributed by atoms with Crippen molar-refractivity contribution in [3.05, 3.63) is 34.9 Å². The van der Waals surface area contributed by atoms with E-state index in [1.807, 2.05) is 18.7 Å². The highest BCUT2D eigenvalue weighted by Gasteiger charge is 2.27. The second-order valence-corrected chi connectivity index (χ2v) is 7.07. The normalized spacial score (nSPS) is 15.4. The quantitative estimate of drug-likeness (QED) is 0.754. The summed E-state index contributed by atoms with van der Waals surface area (Å²) in [5, 5.41) is 3.59. The average molecular weight is 367 g/mol. The molecule has 2 rings (SSSR count). The predicted octanol–water partition coefficient (Wildman–Crippen LogP) is 3.12. The van der Waals surface area contributed by atoms with Gasteiger partial charge >= 0.3 is 0 Å². The number of amides is 2. The van der Waals surface area contributed by atoms with Gasteiger partial charge < -0.3 is 15.0 Å². The molecule has 0 radical (unpaired) electrons. The molecule has 1 heterocycles. The topological polar surface area (TPSA) is 58.6 Å². The van der Waals surface area contributed by atoms with Crippen molar-refractivity contribution in [1.82, 2.24) is 10.2 Å². The molecule has 0 spiro atoms. The van der Waals surface area contributed by atoms with E-state index in [2.05, 4.69) is 5.32 Å². The van der Waals surface area contributed by atoms with E-state index in [9.17, 15) is 9.59 Å². The maximum atomic E-state index is 12.5. The molecule has 2 amide bonds. The van der Waals surface area contributed by atoms with Crippen LogP contribution in [0.15, 0.2) is 24.3 Å². The fraction of sp³-hybridized carbons (Fsp3) is 0.579. The molecule has 1 aromatic rings. The number of carbonyl (C=O) groups is 2. The number of piperidine rings is 1. The van der Waals surface area contributed by atoms with Crippen molar-refractivity contribution in [2.24, 2.45) is 5.92 Å². The van der Waals surface area contributed by atoms with Gasteiger partial charge in [-0.3, -0.25) is 9.59 Å². The summed E-state index contributed by atoms with van der Waals surface area (Å²) in [6, 6.07) is 6.92. The number of halogens is 1. The van der Waals surface area contributed by atoms with Crippen LogP contribution in [0.25, 0.3) is 0 Å². The molecule has 0 aliphatic carbocycles. The van der Waals surface area contributed by atoms with Crippen LogP contribution < -0.4 is 5.32 Å². The molecule has 1 aliphatic heterocycles. The Morgan fingerprint density at radius 2 is 1.88 bits per heavy atom. The molecule has 5 nitrogen and oxygen atoms in total. The van der Waals surface area contributed by atoms with Crippen molar-refractivity contribution in [3.63, 3.8) is 0 Å².